The topological polar surface area (TPSA) is 3.01 Å². The molecule has 1 nitrogen and oxygen atoms in total. The van der Waals surface area contributed by atoms with Gasteiger partial charge in [-0.3, -0.25) is 0 Å². The van der Waals surface area contributed by atoms with Crippen LogP contribution in [0.3, 0.4) is 0 Å². The lowest BCUT2D eigenvalue weighted by molar-refractivity contribution is 0.648. The molecule has 1 aliphatic rings. The third-order valence-electron chi connectivity index (χ3n) is 2.70. The molecule has 0 bridgehead atoms. The van der Waals surface area contributed by atoms with Crippen LogP contribution in [-0.2, 0) is 0 Å². The Morgan fingerprint density at radius 1 is 1.40 bits per heavy atom. The maximum absolute atomic E-state index is 4.02. The summed E-state index contributed by atoms with van der Waals surface area (Å²) in [5.74, 6) is 0. The first-order valence-electron chi connectivity index (χ1n) is 5.62. The first-order valence-corrected chi connectivity index (χ1v) is 5.62. The van der Waals surface area contributed by atoms with Gasteiger partial charge in [0, 0.05) is 12.7 Å². The number of hydrogen-bond donors (Lipinski definition) is 0. The number of hydrogen-bond acceptors (Lipinski definition) is 1. The minimum atomic E-state index is 0.500. The highest BCUT2D eigenvalue weighted by Crippen LogP contribution is 2.36. The van der Waals surface area contributed by atoms with Crippen molar-refractivity contribution in [3.63, 3.8) is 0 Å². The zero-order valence-electron chi connectivity index (χ0n) is 10.0. The molecule has 1 rings (SSSR count). The third-order valence-corrected chi connectivity index (χ3v) is 2.70. The monoisotopic (exact) mass is 203 g/mol. The molecule has 0 aromatic heterocycles. The van der Waals surface area contributed by atoms with Gasteiger partial charge in [-0.2, -0.15) is 0 Å². The second-order valence-corrected chi connectivity index (χ2v) is 3.91. The maximum atomic E-state index is 4.02. The van der Waals surface area contributed by atoms with Crippen LogP contribution >= 0.6 is 0 Å². The molecule has 1 saturated heterocycles. The summed E-state index contributed by atoms with van der Waals surface area (Å²) in [6.45, 7) is 8.27. The fraction of sp³-hybridized carbons (Fsp3) is 0.429. The highest BCUT2D eigenvalue weighted by atomic mass is 15.3. The van der Waals surface area contributed by atoms with E-state index >= 15 is 0 Å². The number of rotatable bonds is 5. The molecular formula is C14H21N. The van der Waals surface area contributed by atoms with Crippen molar-refractivity contribution in [3.05, 3.63) is 48.2 Å². The first kappa shape index (κ1) is 11.8. The minimum Gasteiger partial charge on any atom is -0.364 e. The van der Waals surface area contributed by atoms with E-state index in [0.717, 1.165) is 6.42 Å². The van der Waals surface area contributed by atoms with Crippen LogP contribution < -0.4 is 0 Å². The lowest BCUT2D eigenvalue weighted by Crippen LogP contribution is -1.98. The van der Waals surface area contributed by atoms with Crippen molar-refractivity contribution in [2.75, 3.05) is 7.05 Å². The van der Waals surface area contributed by atoms with Gasteiger partial charge in [-0.15, -0.1) is 0 Å². The van der Waals surface area contributed by atoms with Gasteiger partial charge in [0.15, 0.2) is 0 Å². The summed E-state index contributed by atoms with van der Waals surface area (Å²) < 4.78 is 0. The van der Waals surface area contributed by atoms with Crippen LogP contribution in [0, 0.1) is 0 Å². The Morgan fingerprint density at radius 2 is 2.07 bits per heavy atom. The van der Waals surface area contributed by atoms with E-state index in [-0.39, 0.29) is 0 Å². The quantitative estimate of drug-likeness (QED) is 0.486. The normalized spacial score (nSPS) is 22.1. The van der Waals surface area contributed by atoms with Crippen LogP contribution in [0.1, 0.15) is 26.7 Å². The van der Waals surface area contributed by atoms with Crippen molar-refractivity contribution in [2.24, 2.45) is 0 Å². The highest BCUT2D eigenvalue weighted by Gasteiger charge is 2.37. The summed E-state index contributed by atoms with van der Waals surface area (Å²) in [5, 5.41) is 0. The van der Waals surface area contributed by atoms with Gasteiger partial charge in [0.25, 0.3) is 0 Å². The second kappa shape index (κ2) is 5.59. The van der Waals surface area contributed by atoms with E-state index in [1.54, 1.807) is 0 Å². The molecule has 0 aromatic carbocycles. The molecule has 1 aliphatic heterocycles. The van der Waals surface area contributed by atoms with E-state index < -0.39 is 0 Å². The fourth-order valence-corrected chi connectivity index (χ4v) is 1.76. The summed E-state index contributed by atoms with van der Waals surface area (Å²) in [5.41, 5.74) is 2.72. The van der Waals surface area contributed by atoms with Crippen LogP contribution in [0.15, 0.2) is 48.2 Å². The van der Waals surface area contributed by atoms with Gasteiger partial charge in [-0.25, -0.2) is 0 Å². The molecule has 0 spiro atoms. The largest absolute Gasteiger partial charge is 0.364 e. The van der Waals surface area contributed by atoms with Crippen LogP contribution in [0.2, 0.25) is 0 Å². The van der Waals surface area contributed by atoms with Crippen LogP contribution in [0.4, 0.5) is 0 Å². The summed E-state index contributed by atoms with van der Waals surface area (Å²) in [6, 6.07) is 0.500. The van der Waals surface area contributed by atoms with Crippen molar-refractivity contribution < 1.29 is 0 Å². The van der Waals surface area contributed by atoms with Crippen molar-refractivity contribution >= 4 is 0 Å². The van der Waals surface area contributed by atoms with Gasteiger partial charge in [0.2, 0.25) is 0 Å². The van der Waals surface area contributed by atoms with E-state index in [2.05, 4.69) is 43.7 Å². The Bertz CT molecular complexity index is 307. The smallest absolute Gasteiger partial charge is 0.0894 e. The third kappa shape index (κ3) is 3.12. The maximum Gasteiger partial charge on any atom is 0.0894 e. The molecule has 15 heavy (non-hydrogen) atoms. The summed E-state index contributed by atoms with van der Waals surface area (Å²) >= 11 is 0. The molecule has 1 heterocycles. The lowest BCUT2D eigenvalue weighted by atomic mass is 10.1. The van der Waals surface area contributed by atoms with Crippen molar-refractivity contribution in [1.29, 1.82) is 0 Å². The van der Waals surface area contributed by atoms with Gasteiger partial charge >= 0.3 is 0 Å². The Balaban J connectivity index is 2.62. The van der Waals surface area contributed by atoms with Gasteiger partial charge in [0.1, 0.15) is 0 Å². The van der Waals surface area contributed by atoms with Gasteiger partial charge < -0.3 is 4.90 Å². The summed E-state index contributed by atoms with van der Waals surface area (Å²) in [4.78, 5) is 2.23. The number of likely N-dealkylation sites (N-methyl/N-ethyl adjacent to an activating group) is 1. The van der Waals surface area contributed by atoms with E-state index in [9.17, 15) is 0 Å². The molecule has 0 amide bonds. The fourth-order valence-electron chi connectivity index (χ4n) is 1.76. The number of nitrogens with zero attached hydrogens (tertiary/aromatic N) is 1. The van der Waals surface area contributed by atoms with E-state index in [1.165, 1.54) is 17.7 Å². The summed E-state index contributed by atoms with van der Waals surface area (Å²) in [6.07, 6.45) is 12.8. The molecular weight excluding hydrogens is 182 g/mol. The van der Waals surface area contributed by atoms with Crippen LogP contribution in [-0.4, -0.2) is 18.0 Å². The van der Waals surface area contributed by atoms with Crippen LogP contribution in [0.5, 0.6) is 0 Å². The predicted molar refractivity (Wildman–Crippen MR) is 67.6 cm³/mol. The Hall–Kier alpha value is -1.24. The average molecular weight is 203 g/mol. The minimum absolute atomic E-state index is 0.500. The second-order valence-electron chi connectivity index (χ2n) is 3.91. The van der Waals surface area contributed by atoms with Crippen molar-refractivity contribution in [2.45, 2.75) is 32.7 Å². The highest BCUT2D eigenvalue weighted by molar-refractivity contribution is 5.38. The molecule has 1 unspecified atom stereocenters. The predicted octanol–water partition coefficient (Wildman–Crippen LogP) is 3.67. The summed E-state index contributed by atoms with van der Waals surface area (Å²) in [7, 11) is 2.10. The number of allylic oxidation sites excluding steroid dienone is 5. The Morgan fingerprint density at radius 3 is 2.53 bits per heavy atom. The zero-order valence-corrected chi connectivity index (χ0v) is 10.0. The molecule has 82 valence electrons. The molecule has 1 fully saturated rings. The van der Waals surface area contributed by atoms with E-state index in [4.69, 9.17) is 0 Å². The lowest BCUT2D eigenvalue weighted by Gasteiger charge is -2.01. The van der Waals surface area contributed by atoms with Gasteiger partial charge in [-0.1, -0.05) is 50.3 Å². The molecule has 0 radical (unpaired) electrons. The van der Waals surface area contributed by atoms with Crippen LogP contribution in [0.25, 0.3) is 0 Å². The SMILES string of the molecule is C=C1C(\C(=C/C=C\C=C\C)CCC)N1C. The van der Waals surface area contributed by atoms with Gasteiger partial charge in [-0.05, 0) is 18.9 Å². The molecule has 1 atom stereocenters. The Labute approximate surface area is 93.5 Å². The zero-order chi connectivity index (χ0) is 11.3. The molecule has 0 saturated carbocycles. The van der Waals surface area contributed by atoms with E-state index in [0.29, 0.717) is 6.04 Å². The average Bonchev–Trinajstić information content (AvgIpc) is 2.80. The molecule has 0 aliphatic carbocycles. The van der Waals surface area contributed by atoms with Crippen molar-refractivity contribution in [3.8, 4) is 0 Å². The molecule has 0 aromatic rings. The first-order chi connectivity index (χ1) is 7.22. The van der Waals surface area contributed by atoms with Crippen molar-refractivity contribution in [1.82, 2.24) is 4.90 Å². The van der Waals surface area contributed by atoms with E-state index in [1.807, 2.05) is 19.1 Å². The van der Waals surface area contributed by atoms with Gasteiger partial charge in [0.05, 0.1) is 6.04 Å². The standard InChI is InChI=1S/C14H21N/c1-5-7-8-9-11-13(10-6-2)14-12(3)15(14)4/h5,7-9,11,14H,3,6,10H2,1-2,4H3/b7-5+,9-8-,13-11-. The Kier molecular flexibility index (Phi) is 4.41. The molecule has 0 N–H and O–H groups in total. The molecule has 1 heteroatoms.